The van der Waals surface area contributed by atoms with Crippen LogP contribution in [0.1, 0.15) is 12.5 Å². The maximum Gasteiger partial charge on any atom is 0.243 e. The van der Waals surface area contributed by atoms with Gasteiger partial charge in [-0.05, 0) is 32.3 Å². The molecular formula is C15H20N4O2. The SMILES string of the molecule is CC(=O)N(CCN(C)C)CC(=O)Nc1cccc(C#N)c1. The normalized spacial score (nSPS) is 10.0. The number of anilines is 1. The van der Waals surface area contributed by atoms with Crippen LogP contribution in [0.4, 0.5) is 5.69 Å². The zero-order valence-corrected chi connectivity index (χ0v) is 12.6. The number of benzene rings is 1. The van der Waals surface area contributed by atoms with E-state index in [4.69, 9.17) is 5.26 Å². The molecule has 0 aliphatic carbocycles. The van der Waals surface area contributed by atoms with Crippen LogP contribution in [0, 0.1) is 11.3 Å². The predicted octanol–water partition coefficient (Wildman–Crippen LogP) is 0.907. The second kappa shape index (κ2) is 8.02. The van der Waals surface area contributed by atoms with E-state index in [0.717, 1.165) is 0 Å². The van der Waals surface area contributed by atoms with E-state index in [2.05, 4.69) is 5.32 Å². The van der Waals surface area contributed by atoms with E-state index < -0.39 is 0 Å². The Morgan fingerprint density at radius 3 is 2.57 bits per heavy atom. The summed E-state index contributed by atoms with van der Waals surface area (Å²) in [5.74, 6) is -0.420. The average Bonchev–Trinajstić information content (AvgIpc) is 2.43. The molecule has 0 fully saturated rings. The second-order valence-corrected chi connectivity index (χ2v) is 4.98. The monoisotopic (exact) mass is 288 g/mol. The molecule has 0 aromatic heterocycles. The van der Waals surface area contributed by atoms with Gasteiger partial charge in [0.15, 0.2) is 0 Å². The minimum atomic E-state index is -0.279. The number of likely N-dealkylation sites (N-methyl/N-ethyl adjacent to an activating group) is 1. The van der Waals surface area contributed by atoms with E-state index in [1.807, 2.05) is 25.1 Å². The molecule has 0 aliphatic rings. The number of carbonyl (C=O) groups excluding carboxylic acids is 2. The quantitative estimate of drug-likeness (QED) is 0.844. The van der Waals surface area contributed by atoms with E-state index in [1.54, 1.807) is 24.3 Å². The van der Waals surface area contributed by atoms with Crippen LogP contribution in [0.3, 0.4) is 0 Å². The van der Waals surface area contributed by atoms with E-state index in [-0.39, 0.29) is 18.4 Å². The summed E-state index contributed by atoms with van der Waals surface area (Å²) in [5.41, 5.74) is 1.03. The number of amides is 2. The van der Waals surface area contributed by atoms with Crippen molar-refractivity contribution in [2.24, 2.45) is 0 Å². The number of hydrogen-bond acceptors (Lipinski definition) is 4. The van der Waals surface area contributed by atoms with Crippen molar-refractivity contribution in [2.45, 2.75) is 6.92 Å². The highest BCUT2D eigenvalue weighted by Crippen LogP contribution is 2.09. The molecule has 6 nitrogen and oxygen atoms in total. The fourth-order valence-electron chi connectivity index (χ4n) is 1.71. The average molecular weight is 288 g/mol. The molecule has 0 atom stereocenters. The van der Waals surface area contributed by atoms with Crippen LogP contribution < -0.4 is 5.32 Å². The third-order valence-electron chi connectivity index (χ3n) is 2.87. The van der Waals surface area contributed by atoms with Gasteiger partial charge >= 0.3 is 0 Å². The molecule has 1 aromatic rings. The van der Waals surface area contributed by atoms with Crippen LogP contribution in [0.5, 0.6) is 0 Å². The molecule has 0 heterocycles. The van der Waals surface area contributed by atoms with E-state index in [9.17, 15) is 9.59 Å². The van der Waals surface area contributed by atoms with Gasteiger partial charge in [0, 0.05) is 25.7 Å². The zero-order chi connectivity index (χ0) is 15.8. The van der Waals surface area contributed by atoms with E-state index in [1.165, 1.54) is 11.8 Å². The van der Waals surface area contributed by atoms with Gasteiger partial charge in [0.2, 0.25) is 11.8 Å². The molecule has 0 spiro atoms. The topological polar surface area (TPSA) is 76.4 Å². The van der Waals surface area contributed by atoms with Gasteiger partial charge in [-0.3, -0.25) is 9.59 Å². The lowest BCUT2D eigenvalue weighted by molar-refractivity contribution is -0.132. The molecular weight excluding hydrogens is 268 g/mol. The third-order valence-corrected chi connectivity index (χ3v) is 2.87. The van der Waals surface area contributed by atoms with Crippen molar-refractivity contribution >= 4 is 17.5 Å². The Morgan fingerprint density at radius 1 is 1.29 bits per heavy atom. The number of nitrogens with one attached hydrogen (secondary N) is 1. The van der Waals surface area contributed by atoms with Crippen LogP contribution >= 0.6 is 0 Å². The minimum Gasteiger partial charge on any atom is -0.332 e. The first-order chi connectivity index (χ1) is 9.92. The Balaban J connectivity index is 2.61. The van der Waals surface area contributed by atoms with Gasteiger partial charge in [0.25, 0.3) is 0 Å². The molecule has 0 radical (unpaired) electrons. The van der Waals surface area contributed by atoms with Gasteiger partial charge in [-0.1, -0.05) is 6.07 Å². The summed E-state index contributed by atoms with van der Waals surface area (Å²) in [6, 6.07) is 8.67. The van der Waals surface area contributed by atoms with Gasteiger partial charge in [-0.2, -0.15) is 5.26 Å². The van der Waals surface area contributed by atoms with Gasteiger partial charge in [0.1, 0.15) is 0 Å². The highest BCUT2D eigenvalue weighted by Gasteiger charge is 2.13. The fraction of sp³-hybridized carbons (Fsp3) is 0.400. The third kappa shape index (κ3) is 6.06. The Morgan fingerprint density at radius 2 is 2.00 bits per heavy atom. The first-order valence-corrected chi connectivity index (χ1v) is 6.62. The number of nitriles is 1. The summed E-state index contributed by atoms with van der Waals surface area (Å²) < 4.78 is 0. The highest BCUT2D eigenvalue weighted by atomic mass is 16.2. The van der Waals surface area contributed by atoms with Crippen LogP contribution in [0.15, 0.2) is 24.3 Å². The summed E-state index contributed by atoms with van der Waals surface area (Å²) in [5, 5.41) is 11.5. The maximum atomic E-state index is 12.0. The zero-order valence-electron chi connectivity index (χ0n) is 12.6. The lowest BCUT2D eigenvalue weighted by Crippen LogP contribution is -2.40. The van der Waals surface area contributed by atoms with Gasteiger partial charge in [-0.15, -0.1) is 0 Å². The first kappa shape index (κ1) is 16.7. The molecule has 0 saturated heterocycles. The van der Waals surface area contributed by atoms with Gasteiger partial charge < -0.3 is 15.1 Å². The van der Waals surface area contributed by atoms with Crippen molar-refractivity contribution < 1.29 is 9.59 Å². The summed E-state index contributed by atoms with van der Waals surface area (Å²) in [6.45, 7) is 2.63. The lowest BCUT2D eigenvalue weighted by atomic mass is 10.2. The Kier molecular flexibility index (Phi) is 6.37. The summed E-state index contributed by atoms with van der Waals surface area (Å²) >= 11 is 0. The summed E-state index contributed by atoms with van der Waals surface area (Å²) in [4.78, 5) is 26.9. The first-order valence-electron chi connectivity index (χ1n) is 6.62. The Hall–Kier alpha value is -2.39. The number of nitrogens with zero attached hydrogens (tertiary/aromatic N) is 3. The van der Waals surface area contributed by atoms with Crippen LogP contribution in [-0.4, -0.2) is 55.3 Å². The molecule has 6 heteroatoms. The minimum absolute atomic E-state index is 0.0000451. The standard InChI is InChI=1S/C15H20N4O2/c1-12(20)19(8-7-18(2)3)11-15(21)17-14-6-4-5-13(9-14)10-16/h4-6,9H,7-8,11H2,1-3H3,(H,17,21). The molecule has 2 amide bonds. The maximum absolute atomic E-state index is 12.0. The van der Waals surface area contributed by atoms with Crippen LogP contribution in [0.2, 0.25) is 0 Å². The summed E-state index contributed by atoms with van der Waals surface area (Å²) in [7, 11) is 3.82. The van der Waals surface area contributed by atoms with Crippen LogP contribution in [-0.2, 0) is 9.59 Å². The van der Waals surface area contributed by atoms with Crippen molar-refractivity contribution in [3.63, 3.8) is 0 Å². The highest BCUT2D eigenvalue weighted by molar-refractivity contribution is 5.94. The number of carbonyl (C=O) groups is 2. The molecule has 0 unspecified atom stereocenters. The Labute approximate surface area is 125 Å². The van der Waals surface area contributed by atoms with E-state index >= 15 is 0 Å². The van der Waals surface area contributed by atoms with Crippen molar-refractivity contribution in [2.75, 3.05) is 39.0 Å². The van der Waals surface area contributed by atoms with Crippen molar-refractivity contribution in [1.82, 2.24) is 9.80 Å². The van der Waals surface area contributed by atoms with Crippen molar-refractivity contribution in [3.8, 4) is 6.07 Å². The Bertz CT molecular complexity index is 549. The van der Waals surface area contributed by atoms with Crippen LogP contribution in [0.25, 0.3) is 0 Å². The molecule has 112 valence electrons. The molecule has 1 rings (SSSR count). The summed E-state index contributed by atoms with van der Waals surface area (Å²) in [6.07, 6.45) is 0. The molecule has 0 bridgehead atoms. The molecule has 1 N–H and O–H groups in total. The molecule has 21 heavy (non-hydrogen) atoms. The number of hydrogen-bond donors (Lipinski definition) is 1. The molecule has 0 aliphatic heterocycles. The predicted molar refractivity (Wildman–Crippen MR) is 80.6 cm³/mol. The smallest absolute Gasteiger partial charge is 0.243 e. The van der Waals surface area contributed by atoms with Gasteiger partial charge in [0.05, 0.1) is 18.2 Å². The van der Waals surface area contributed by atoms with Gasteiger partial charge in [-0.25, -0.2) is 0 Å². The molecule has 1 aromatic carbocycles. The largest absolute Gasteiger partial charge is 0.332 e. The lowest BCUT2D eigenvalue weighted by Gasteiger charge is -2.22. The molecule has 0 saturated carbocycles. The van der Waals surface area contributed by atoms with Crippen molar-refractivity contribution in [1.29, 1.82) is 5.26 Å². The fourth-order valence-corrected chi connectivity index (χ4v) is 1.71. The van der Waals surface area contributed by atoms with E-state index in [0.29, 0.717) is 24.3 Å². The second-order valence-electron chi connectivity index (χ2n) is 4.98. The number of rotatable bonds is 6. The van der Waals surface area contributed by atoms with Crippen molar-refractivity contribution in [3.05, 3.63) is 29.8 Å².